The number of nitrogens with zero attached hydrogens (tertiary/aromatic N) is 1. The fourth-order valence-corrected chi connectivity index (χ4v) is 3.32. The summed E-state index contributed by atoms with van der Waals surface area (Å²) in [4.78, 5) is 25.0. The lowest BCUT2D eigenvalue weighted by Gasteiger charge is -2.16. The number of hydrogen-bond acceptors (Lipinski definition) is 4. The van der Waals surface area contributed by atoms with Crippen molar-refractivity contribution >= 4 is 11.9 Å². The van der Waals surface area contributed by atoms with Crippen LogP contribution < -0.4 is 5.32 Å². The maximum Gasteiger partial charge on any atom is 0.339 e. The predicted molar refractivity (Wildman–Crippen MR) is 119 cm³/mol. The lowest BCUT2D eigenvalue weighted by Crippen LogP contribution is -2.31. The van der Waals surface area contributed by atoms with Crippen molar-refractivity contribution in [2.75, 3.05) is 6.61 Å². The van der Waals surface area contributed by atoms with Crippen molar-refractivity contribution in [1.29, 1.82) is 5.26 Å². The number of ether oxygens (including phenoxy) is 1. The zero-order valence-corrected chi connectivity index (χ0v) is 17.8. The van der Waals surface area contributed by atoms with Gasteiger partial charge in [-0.05, 0) is 55.2 Å². The van der Waals surface area contributed by atoms with Crippen LogP contribution in [-0.2, 0) is 9.53 Å². The second-order valence-electron chi connectivity index (χ2n) is 7.41. The third kappa shape index (κ3) is 5.18. The van der Waals surface area contributed by atoms with Crippen LogP contribution in [0.1, 0.15) is 45.6 Å². The normalized spacial score (nSPS) is 11.3. The molecule has 0 saturated carbocycles. The molecular weight excluding hydrogens is 388 g/mol. The van der Waals surface area contributed by atoms with Crippen LogP contribution in [-0.4, -0.2) is 18.5 Å². The van der Waals surface area contributed by atoms with E-state index in [1.165, 1.54) is 5.56 Å². The number of carbonyl (C=O) groups is 2. The second-order valence-corrected chi connectivity index (χ2v) is 7.41. The van der Waals surface area contributed by atoms with Gasteiger partial charge in [-0.25, -0.2) is 4.79 Å². The maximum absolute atomic E-state index is 12.7. The monoisotopic (exact) mass is 412 g/mol. The maximum atomic E-state index is 12.7. The topological polar surface area (TPSA) is 79.2 Å². The Morgan fingerprint density at radius 1 is 0.968 bits per heavy atom. The average Bonchev–Trinajstić information content (AvgIpc) is 2.79. The molecule has 3 aromatic carbocycles. The van der Waals surface area contributed by atoms with Crippen molar-refractivity contribution < 1.29 is 14.3 Å². The summed E-state index contributed by atoms with van der Waals surface area (Å²) >= 11 is 0. The molecule has 1 amide bonds. The lowest BCUT2D eigenvalue weighted by molar-refractivity contribution is -0.124. The Kier molecular flexibility index (Phi) is 6.84. The fourth-order valence-electron chi connectivity index (χ4n) is 3.32. The van der Waals surface area contributed by atoms with Gasteiger partial charge in [0.25, 0.3) is 5.91 Å². The predicted octanol–water partition coefficient (Wildman–Crippen LogP) is 4.88. The number of nitriles is 1. The van der Waals surface area contributed by atoms with Crippen molar-refractivity contribution in [1.82, 2.24) is 5.32 Å². The summed E-state index contributed by atoms with van der Waals surface area (Å²) in [7, 11) is 0. The molecule has 0 unspecified atom stereocenters. The van der Waals surface area contributed by atoms with Crippen LogP contribution in [0.3, 0.4) is 0 Å². The standard InChI is InChI=1S/C26H24N2O3/c1-17-12-13-20(14-18(17)2)19(3)28-25(29)16-31-26(30)24-11-7-6-10-23(24)22-9-5-4-8-21(22)15-27/h4-14,19H,16H2,1-3H3,(H,28,29)/t19-/m1/s1. The van der Waals surface area contributed by atoms with Crippen LogP contribution >= 0.6 is 0 Å². The van der Waals surface area contributed by atoms with Gasteiger partial charge in [0.1, 0.15) is 0 Å². The van der Waals surface area contributed by atoms with Gasteiger partial charge in [-0.15, -0.1) is 0 Å². The number of aryl methyl sites for hydroxylation is 2. The van der Waals surface area contributed by atoms with Gasteiger partial charge in [-0.2, -0.15) is 5.26 Å². The zero-order valence-electron chi connectivity index (χ0n) is 17.8. The molecule has 5 nitrogen and oxygen atoms in total. The van der Waals surface area contributed by atoms with Crippen molar-refractivity contribution in [2.24, 2.45) is 0 Å². The zero-order chi connectivity index (χ0) is 22.4. The Morgan fingerprint density at radius 3 is 2.35 bits per heavy atom. The Labute approximate surface area is 182 Å². The van der Waals surface area contributed by atoms with E-state index in [0.717, 1.165) is 11.1 Å². The summed E-state index contributed by atoms with van der Waals surface area (Å²) in [6.07, 6.45) is 0. The molecule has 0 heterocycles. The number of rotatable bonds is 6. The molecule has 3 rings (SSSR count). The summed E-state index contributed by atoms with van der Waals surface area (Å²) in [5.74, 6) is -0.994. The SMILES string of the molecule is Cc1ccc([C@@H](C)NC(=O)COC(=O)c2ccccc2-c2ccccc2C#N)cc1C. The molecule has 0 aliphatic heterocycles. The molecule has 0 aliphatic rings. The highest BCUT2D eigenvalue weighted by molar-refractivity contribution is 5.99. The molecule has 1 N–H and O–H groups in total. The smallest absolute Gasteiger partial charge is 0.339 e. The first-order valence-electron chi connectivity index (χ1n) is 10.0. The quantitative estimate of drug-likeness (QED) is 0.586. The largest absolute Gasteiger partial charge is 0.452 e. The summed E-state index contributed by atoms with van der Waals surface area (Å²) in [5.41, 5.74) is 5.33. The third-order valence-corrected chi connectivity index (χ3v) is 5.23. The molecule has 0 fully saturated rings. The minimum Gasteiger partial charge on any atom is -0.452 e. The molecule has 0 bridgehead atoms. The van der Waals surface area contributed by atoms with Gasteiger partial charge in [0.05, 0.1) is 23.2 Å². The van der Waals surface area contributed by atoms with E-state index in [1.807, 2.05) is 39.0 Å². The molecular formula is C26H24N2O3. The van der Waals surface area contributed by atoms with Gasteiger partial charge < -0.3 is 10.1 Å². The summed E-state index contributed by atoms with van der Waals surface area (Å²) < 4.78 is 5.27. The van der Waals surface area contributed by atoms with E-state index in [2.05, 4.69) is 11.4 Å². The van der Waals surface area contributed by atoms with E-state index in [0.29, 0.717) is 22.3 Å². The van der Waals surface area contributed by atoms with Crippen LogP contribution in [0.25, 0.3) is 11.1 Å². The first kappa shape index (κ1) is 21.8. The number of esters is 1. The van der Waals surface area contributed by atoms with E-state index < -0.39 is 5.97 Å². The molecule has 156 valence electrons. The van der Waals surface area contributed by atoms with Crippen molar-refractivity contribution in [3.63, 3.8) is 0 Å². The molecule has 0 aromatic heterocycles. The first-order valence-corrected chi connectivity index (χ1v) is 10.0. The number of nitrogens with one attached hydrogen (secondary N) is 1. The highest BCUT2D eigenvalue weighted by atomic mass is 16.5. The van der Waals surface area contributed by atoms with Crippen molar-refractivity contribution in [2.45, 2.75) is 26.8 Å². The highest BCUT2D eigenvalue weighted by Gasteiger charge is 2.18. The molecule has 3 aromatic rings. The minimum atomic E-state index is -0.614. The minimum absolute atomic E-state index is 0.208. The Balaban J connectivity index is 1.68. The van der Waals surface area contributed by atoms with Gasteiger partial charge in [-0.1, -0.05) is 54.6 Å². The van der Waals surface area contributed by atoms with Crippen LogP contribution in [0.4, 0.5) is 0 Å². The summed E-state index contributed by atoms with van der Waals surface area (Å²) in [6, 6.07) is 21.9. The van der Waals surface area contributed by atoms with E-state index in [4.69, 9.17) is 4.74 Å². The van der Waals surface area contributed by atoms with Crippen LogP contribution in [0.15, 0.2) is 66.7 Å². The molecule has 0 saturated heterocycles. The van der Waals surface area contributed by atoms with Gasteiger partial charge in [-0.3, -0.25) is 4.79 Å². The molecule has 0 spiro atoms. The Bertz CT molecular complexity index is 1160. The van der Waals surface area contributed by atoms with E-state index in [1.54, 1.807) is 48.5 Å². The summed E-state index contributed by atoms with van der Waals surface area (Å²) in [6.45, 7) is 5.56. The van der Waals surface area contributed by atoms with E-state index >= 15 is 0 Å². The fraction of sp³-hybridized carbons (Fsp3) is 0.192. The van der Waals surface area contributed by atoms with Gasteiger partial charge in [0.2, 0.25) is 0 Å². The van der Waals surface area contributed by atoms with Gasteiger partial charge in [0.15, 0.2) is 6.61 Å². The third-order valence-electron chi connectivity index (χ3n) is 5.23. The Morgan fingerprint density at radius 2 is 1.65 bits per heavy atom. The molecule has 31 heavy (non-hydrogen) atoms. The van der Waals surface area contributed by atoms with E-state index in [-0.39, 0.29) is 18.6 Å². The van der Waals surface area contributed by atoms with Crippen molar-refractivity contribution in [3.8, 4) is 17.2 Å². The molecule has 0 radical (unpaired) electrons. The summed E-state index contributed by atoms with van der Waals surface area (Å²) in [5, 5.41) is 12.2. The number of amides is 1. The highest BCUT2D eigenvalue weighted by Crippen LogP contribution is 2.27. The lowest BCUT2D eigenvalue weighted by atomic mass is 9.96. The Hall–Kier alpha value is -3.91. The van der Waals surface area contributed by atoms with Crippen LogP contribution in [0.2, 0.25) is 0 Å². The van der Waals surface area contributed by atoms with Crippen LogP contribution in [0, 0.1) is 25.2 Å². The van der Waals surface area contributed by atoms with E-state index in [9.17, 15) is 14.9 Å². The number of hydrogen-bond donors (Lipinski definition) is 1. The average molecular weight is 412 g/mol. The molecule has 0 aliphatic carbocycles. The first-order chi connectivity index (χ1) is 14.9. The molecule has 5 heteroatoms. The van der Waals surface area contributed by atoms with Gasteiger partial charge in [0, 0.05) is 5.56 Å². The number of carbonyl (C=O) groups excluding carboxylic acids is 2. The molecule has 1 atom stereocenters. The van der Waals surface area contributed by atoms with Crippen molar-refractivity contribution in [3.05, 3.63) is 94.5 Å². The second kappa shape index (κ2) is 9.73. The van der Waals surface area contributed by atoms with Crippen LogP contribution in [0.5, 0.6) is 0 Å². The van der Waals surface area contributed by atoms with Gasteiger partial charge >= 0.3 is 5.97 Å². The number of benzene rings is 3.